The van der Waals surface area contributed by atoms with Gasteiger partial charge in [-0.15, -0.1) is 0 Å². The minimum Gasteiger partial charge on any atom is -0.496 e. The summed E-state index contributed by atoms with van der Waals surface area (Å²) in [5.41, 5.74) is 2.72. The summed E-state index contributed by atoms with van der Waals surface area (Å²) in [6, 6.07) is 22.1. The maximum Gasteiger partial charge on any atom is 0.279 e. The molecular weight excluding hydrogens is 390 g/mol. The summed E-state index contributed by atoms with van der Waals surface area (Å²) in [7, 11) is 1.63. The molecule has 0 saturated carbocycles. The first-order chi connectivity index (χ1) is 15.1. The second-order valence-electron chi connectivity index (χ2n) is 7.27. The Labute approximate surface area is 180 Å². The van der Waals surface area contributed by atoms with E-state index in [1.54, 1.807) is 43.5 Å². The molecule has 1 heterocycles. The molecule has 1 aromatic heterocycles. The van der Waals surface area contributed by atoms with E-state index in [0.29, 0.717) is 29.4 Å². The van der Waals surface area contributed by atoms with Crippen LogP contribution < -0.4 is 15.6 Å². The molecule has 0 saturated heterocycles. The van der Waals surface area contributed by atoms with Crippen molar-refractivity contribution >= 4 is 16.7 Å². The fraction of sp³-hybridized carbons (Fsp3) is 0.160. The molecular formula is C25H23N3O3. The van der Waals surface area contributed by atoms with E-state index in [0.717, 1.165) is 16.9 Å². The molecule has 0 radical (unpaired) electrons. The van der Waals surface area contributed by atoms with Crippen LogP contribution in [0.5, 0.6) is 5.75 Å². The Morgan fingerprint density at radius 2 is 1.71 bits per heavy atom. The van der Waals surface area contributed by atoms with Crippen LogP contribution in [0.15, 0.2) is 77.6 Å². The van der Waals surface area contributed by atoms with Gasteiger partial charge in [-0.3, -0.25) is 9.59 Å². The topological polar surface area (TPSA) is 73.2 Å². The minimum atomic E-state index is -0.326. The zero-order valence-electron chi connectivity index (χ0n) is 17.5. The van der Waals surface area contributed by atoms with Crippen LogP contribution in [-0.2, 0) is 6.42 Å². The summed E-state index contributed by atoms with van der Waals surface area (Å²) in [4.78, 5) is 26.0. The minimum absolute atomic E-state index is 0.218. The van der Waals surface area contributed by atoms with Gasteiger partial charge in [-0.05, 0) is 43.2 Å². The van der Waals surface area contributed by atoms with Crippen molar-refractivity contribution in [2.75, 3.05) is 13.7 Å². The SMILES string of the molecule is COc1ccc(C)cc1CCNC(=O)c1nn(-c2ccccc2)c(=O)c2ccccc12. The third-order valence-electron chi connectivity index (χ3n) is 5.14. The van der Waals surface area contributed by atoms with Gasteiger partial charge in [0.05, 0.1) is 18.2 Å². The number of nitrogens with zero attached hydrogens (tertiary/aromatic N) is 2. The van der Waals surface area contributed by atoms with E-state index in [-0.39, 0.29) is 17.2 Å². The van der Waals surface area contributed by atoms with Gasteiger partial charge in [0, 0.05) is 11.9 Å². The van der Waals surface area contributed by atoms with E-state index in [1.165, 1.54) is 4.68 Å². The molecule has 31 heavy (non-hydrogen) atoms. The molecule has 0 aliphatic carbocycles. The number of para-hydroxylation sites is 1. The molecule has 3 aromatic carbocycles. The molecule has 156 valence electrons. The van der Waals surface area contributed by atoms with E-state index in [9.17, 15) is 9.59 Å². The molecule has 1 amide bonds. The zero-order chi connectivity index (χ0) is 21.8. The highest BCUT2D eigenvalue weighted by Gasteiger charge is 2.17. The molecule has 0 aliphatic rings. The number of methoxy groups -OCH3 is 1. The molecule has 0 unspecified atom stereocenters. The van der Waals surface area contributed by atoms with E-state index < -0.39 is 0 Å². The standard InChI is InChI=1S/C25H23N3O3/c1-17-12-13-22(31-2)18(16-17)14-15-26-24(29)23-20-10-6-7-11-21(20)25(30)28(27-23)19-8-4-3-5-9-19/h3-13,16H,14-15H2,1-2H3,(H,26,29). The van der Waals surface area contributed by atoms with Crippen molar-refractivity contribution in [3.63, 3.8) is 0 Å². The lowest BCUT2D eigenvalue weighted by molar-refractivity contribution is 0.0949. The summed E-state index contributed by atoms with van der Waals surface area (Å²) >= 11 is 0. The fourth-order valence-electron chi connectivity index (χ4n) is 3.60. The molecule has 1 N–H and O–H groups in total. The van der Waals surface area contributed by atoms with Gasteiger partial charge in [-0.25, -0.2) is 0 Å². The highest BCUT2D eigenvalue weighted by Crippen LogP contribution is 2.20. The van der Waals surface area contributed by atoms with E-state index in [4.69, 9.17) is 4.74 Å². The van der Waals surface area contributed by atoms with Gasteiger partial charge in [0.25, 0.3) is 11.5 Å². The van der Waals surface area contributed by atoms with E-state index in [2.05, 4.69) is 10.4 Å². The Hall–Kier alpha value is -3.93. The monoisotopic (exact) mass is 413 g/mol. The molecule has 0 bridgehead atoms. The number of rotatable bonds is 6. The number of carbonyl (C=O) groups excluding carboxylic acids is 1. The summed E-state index contributed by atoms with van der Waals surface area (Å²) in [5, 5.41) is 8.33. The van der Waals surface area contributed by atoms with Crippen molar-refractivity contribution in [3.05, 3.63) is 100.0 Å². The molecule has 0 atom stereocenters. The molecule has 0 fully saturated rings. The van der Waals surface area contributed by atoms with Crippen LogP contribution in [0.2, 0.25) is 0 Å². The largest absolute Gasteiger partial charge is 0.496 e. The van der Waals surface area contributed by atoms with Gasteiger partial charge >= 0.3 is 0 Å². The molecule has 4 aromatic rings. The molecule has 6 nitrogen and oxygen atoms in total. The second kappa shape index (κ2) is 8.83. The van der Waals surface area contributed by atoms with Crippen LogP contribution in [0.4, 0.5) is 0 Å². The highest BCUT2D eigenvalue weighted by atomic mass is 16.5. The van der Waals surface area contributed by atoms with Crippen LogP contribution >= 0.6 is 0 Å². The number of carbonyl (C=O) groups is 1. The van der Waals surface area contributed by atoms with Crippen LogP contribution in [0.25, 0.3) is 16.5 Å². The van der Waals surface area contributed by atoms with Crippen LogP contribution in [0, 0.1) is 6.92 Å². The second-order valence-corrected chi connectivity index (χ2v) is 7.27. The highest BCUT2D eigenvalue weighted by molar-refractivity contribution is 6.04. The Morgan fingerprint density at radius 1 is 1.00 bits per heavy atom. The Morgan fingerprint density at radius 3 is 2.45 bits per heavy atom. The van der Waals surface area contributed by atoms with Crippen LogP contribution in [0.3, 0.4) is 0 Å². The number of nitrogens with one attached hydrogen (secondary N) is 1. The lowest BCUT2D eigenvalue weighted by Crippen LogP contribution is -2.31. The van der Waals surface area contributed by atoms with Crippen molar-refractivity contribution in [1.82, 2.24) is 15.1 Å². The number of fused-ring (bicyclic) bond motifs is 1. The Kier molecular flexibility index (Phi) is 5.80. The van der Waals surface area contributed by atoms with Crippen molar-refractivity contribution in [3.8, 4) is 11.4 Å². The number of hydrogen-bond donors (Lipinski definition) is 1. The maximum absolute atomic E-state index is 13.0. The predicted octanol–water partition coefficient (Wildman–Crippen LogP) is 3.68. The third-order valence-corrected chi connectivity index (χ3v) is 5.14. The first-order valence-electron chi connectivity index (χ1n) is 10.1. The number of ether oxygens (including phenoxy) is 1. The molecule has 6 heteroatoms. The van der Waals surface area contributed by atoms with Crippen molar-refractivity contribution in [2.24, 2.45) is 0 Å². The van der Waals surface area contributed by atoms with Gasteiger partial charge < -0.3 is 10.1 Å². The number of aromatic nitrogens is 2. The average molecular weight is 413 g/mol. The average Bonchev–Trinajstić information content (AvgIpc) is 2.80. The first kappa shape index (κ1) is 20.3. The Bertz CT molecular complexity index is 1300. The van der Waals surface area contributed by atoms with Crippen molar-refractivity contribution < 1.29 is 9.53 Å². The van der Waals surface area contributed by atoms with Crippen molar-refractivity contribution in [1.29, 1.82) is 0 Å². The zero-order valence-corrected chi connectivity index (χ0v) is 17.5. The number of benzene rings is 3. The van der Waals surface area contributed by atoms with Gasteiger partial charge in [0.15, 0.2) is 5.69 Å². The molecule has 0 spiro atoms. The summed E-state index contributed by atoms with van der Waals surface area (Å²) in [6.45, 7) is 2.43. The summed E-state index contributed by atoms with van der Waals surface area (Å²) in [5.74, 6) is 0.466. The Balaban J connectivity index is 1.64. The van der Waals surface area contributed by atoms with E-state index >= 15 is 0 Å². The first-order valence-corrected chi connectivity index (χ1v) is 10.1. The summed E-state index contributed by atoms with van der Waals surface area (Å²) < 4.78 is 6.69. The normalized spacial score (nSPS) is 10.8. The smallest absolute Gasteiger partial charge is 0.279 e. The van der Waals surface area contributed by atoms with Gasteiger partial charge in [0.1, 0.15) is 5.75 Å². The lowest BCUT2D eigenvalue weighted by atomic mass is 10.1. The fourth-order valence-corrected chi connectivity index (χ4v) is 3.60. The number of aryl methyl sites for hydroxylation is 1. The number of hydrogen-bond acceptors (Lipinski definition) is 4. The van der Waals surface area contributed by atoms with Crippen LogP contribution in [0.1, 0.15) is 21.6 Å². The maximum atomic E-state index is 13.0. The molecule has 4 rings (SSSR count). The van der Waals surface area contributed by atoms with E-state index in [1.807, 2.05) is 43.3 Å². The van der Waals surface area contributed by atoms with Gasteiger partial charge in [-0.1, -0.05) is 54.1 Å². The molecule has 0 aliphatic heterocycles. The third kappa shape index (κ3) is 4.19. The number of amides is 1. The quantitative estimate of drug-likeness (QED) is 0.523. The van der Waals surface area contributed by atoms with Crippen LogP contribution in [-0.4, -0.2) is 29.3 Å². The summed E-state index contributed by atoms with van der Waals surface area (Å²) in [6.07, 6.45) is 0.618. The van der Waals surface area contributed by atoms with Crippen molar-refractivity contribution in [2.45, 2.75) is 13.3 Å². The predicted molar refractivity (Wildman–Crippen MR) is 121 cm³/mol. The van der Waals surface area contributed by atoms with Gasteiger partial charge in [-0.2, -0.15) is 9.78 Å². The lowest BCUT2D eigenvalue weighted by Gasteiger charge is -2.12. The van der Waals surface area contributed by atoms with Gasteiger partial charge in [0.2, 0.25) is 0 Å².